The zero-order valence-electron chi connectivity index (χ0n) is 9.81. The molecule has 0 spiro atoms. The zero-order chi connectivity index (χ0) is 13.4. The fourth-order valence-electron chi connectivity index (χ4n) is 2.14. The number of halogens is 2. The van der Waals surface area contributed by atoms with Gasteiger partial charge in [0.25, 0.3) is 0 Å². The number of aliphatic hydroxyl groups excluding tert-OH is 1. The Bertz CT molecular complexity index is 718. The van der Waals surface area contributed by atoms with Gasteiger partial charge in [0.15, 0.2) is 0 Å². The van der Waals surface area contributed by atoms with Crippen LogP contribution in [0.3, 0.4) is 0 Å². The van der Waals surface area contributed by atoms with Crippen LogP contribution in [0.25, 0.3) is 10.1 Å². The Morgan fingerprint density at radius 1 is 1.11 bits per heavy atom. The van der Waals surface area contributed by atoms with Gasteiger partial charge in [0.1, 0.15) is 11.9 Å². The summed E-state index contributed by atoms with van der Waals surface area (Å²) >= 11 is 4.85. The number of hydrogen-bond donors (Lipinski definition) is 1. The quantitative estimate of drug-likeness (QED) is 0.706. The van der Waals surface area contributed by atoms with Crippen molar-refractivity contribution in [3.63, 3.8) is 0 Å². The molecule has 0 radical (unpaired) electrons. The molecule has 0 bridgehead atoms. The summed E-state index contributed by atoms with van der Waals surface area (Å²) in [5.41, 5.74) is 1.03. The molecule has 2 aromatic carbocycles. The summed E-state index contributed by atoms with van der Waals surface area (Å²) in [5.74, 6) is -0.405. The van der Waals surface area contributed by atoms with Crippen molar-refractivity contribution >= 4 is 37.4 Å². The summed E-state index contributed by atoms with van der Waals surface area (Å²) < 4.78 is 15.6. The second-order valence-corrected chi connectivity index (χ2v) is 5.99. The van der Waals surface area contributed by atoms with E-state index in [1.54, 1.807) is 23.5 Å². The normalized spacial score (nSPS) is 12.8. The lowest BCUT2D eigenvalue weighted by Crippen LogP contribution is -2.03. The SMILES string of the molecule is OC(c1c(F)cccc1Br)c1csc2ccccc12. The lowest BCUT2D eigenvalue weighted by atomic mass is 10.0. The number of benzene rings is 2. The van der Waals surface area contributed by atoms with Crippen LogP contribution in [0.1, 0.15) is 17.2 Å². The van der Waals surface area contributed by atoms with Crippen molar-refractivity contribution in [1.29, 1.82) is 0 Å². The molecule has 0 aliphatic heterocycles. The number of hydrogen-bond acceptors (Lipinski definition) is 2. The van der Waals surface area contributed by atoms with E-state index in [4.69, 9.17) is 0 Å². The van der Waals surface area contributed by atoms with Gasteiger partial charge in [-0.1, -0.05) is 40.2 Å². The average Bonchev–Trinajstić information content (AvgIpc) is 2.82. The molecule has 3 rings (SSSR count). The Morgan fingerprint density at radius 3 is 2.68 bits per heavy atom. The van der Waals surface area contributed by atoms with Gasteiger partial charge in [-0.05, 0) is 29.0 Å². The lowest BCUT2D eigenvalue weighted by molar-refractivity contribution is 0.216. The predicted molar refractivity (Wildman–Crippen MR) is 80.0 cm³/mol. The Morgan fingerprint density at radius 2 is 1.89 bits per heavy atom. The Labute approximate surface area is 122 Å². The highest BCUT2D eigenvalue weighted by atomic mass is 79.9. The fraction of sp³-hybridized carbons (Fsp3) is 0.0667. The third-order valence-corrected chi connectivity index (χ3v) is 4.75. The molecule has 4 heteroatoms. The number of fused-ring (bicyclic) bond motifs is 1. The van der Waals surface area contributed by atoms with Crippen molar-refractivity contribution < 1.29 is 9.50 Å². The molecule has 0 saturated carbocycles. The van der Waals surface area contributed by atoms with Crippen LogP contribution in [0.15, 0.2) is 52.3 Å². The van der Waals surface area contributed by atoms with Crippen LogP contribution in [-0.4, -0.2) is 5.11 Å². The minimum Gasteiger partial charge on any atom is -0.383 e. The van der Waals surface area contributed by atoms with E-state index in [2.05, 4.69) is 15.9 Å². The van der Waals surface area contributed by atoms with Gasteiger partial charge < -0.3 is 5.11 Å². The van der Waals surface area contributed by atoms with Crippen molar-refractivity contribution in [2.75, 3.05) is 0 Å². The van der Waals surface area contributed by atoms with Gasteiger partial charge in [0.05, 0.1) is 0 Å². The van der Waals surface area contributed by atoms with Gasteiger partial charge in [-0.3, -0.25) is 0 Å². The minimum atomic E-state index is -0.966. The molecule has 1 nitrogen and oxygen atoms in total. The molecule has 1 aromatic heterocycles. The second-order valence-electron chi connectivity index (χ2n) is 4.23. The van der Waals surface area contributed by atoms with Gasteiger partial charge in [0, 0.05) is 20.3 Å². The Kier molecular flexibility index (Phi) is 3.39. The molecule has 19 heavy (non-hydrogen) atoms. The smallest absolute Gasteiger partial charge is 0.130 e. The summed E-state index contributed by atoms with van der Waals surface area (Å²) in [6.07, 6.45) is -0.966. The highest BCUT2D eigenvalue weighted by molar-refractivity contribution is 9.10. The largest absolute Gasteiger partial charge is 0.383 e. The van der Waals surface area contributed by atoms with Crippen LogP contribution in [0.4, 0.5) is 4.39 Å². The van der Waals surface area contributed by atoms with Gasteiger partial charge in [-0.15, -0.1) is 11.3 Å². The van der Waals surface area contributed by atoms with Crippen LogP contribution in [0.5, 0.6) is 0 Å². The molecule has 1 heterocycles. The first-order chi connectivity index (χ1) is 9.18. The van der Waals surface area contributed by atoms with Crippen molar-refractivity contribution in [2.24, 2.45) is 0 Å². The van der Waals surface area contributed by atoms with Gasteiger partial charge in [0.2, 0.25) is 0 Å². The molecule has 1 atom stereocenters. The van der Waals surface area contributed by atoms with E-state index in [9.17, 15) is 9.50 Å². The number of aliphatic hydroxyl groups is 1. The summed E-state index contributed by atoms with van der Waals surface area (Å²) in [5, 5.41) is 13.3. The average molecular weight is 337 g/mol. The Hall–Kier alpha value is -1.23. The molecular weight excluding hydrogens is 327 g/mol. The van der Waals surface area contributed by atoms with Crippen molar-refractivity contribution in [3.05, 3.63) is 69.3 Å². The standard InChI is InChI=1S/C15H10BrFOS/c16-11-5-3-6-12(17)14(11)15(18)10-8-19-13-7-2-1-4-9(10)13/h1-8,15,18H. The molecule has 0 amide bonds. The van der Waals surface area contributed by atoms with E-state index in [1.807, 2.05) is 29.6 Å². The van der Waals surface area contributed by atoms with Crippen LogP contribution < -0.4 is 0 Å². The highest BCUT2D eigenvalue weighted by Gasteiger charge is 2.20. The topological polar surface area (TPSA) is 20.2 Å². The second kappa shape index (κ2) is 5.04. The zero-order valence-corrected chi connectivity index (χ0v) is 12.2. The third-order valence-electron chi connectivity index (χ3n) is 3.08. The van der Waals surface area contributed by atoms with E-state index in [0.29, 0.717) is 4.47 Å². The summed E-state index contributed by atoms with van der Waals surface area (Å²) in [4.78, 5) is 0. The van der Waals surface area contributed by atoms with Crippen LogP contribution >= 0.6 is 27.3 Å². The molecule has 0 aliphatic rings. The summed E-state index contributed by atoms with van der Waals surface area (Å²) in [6, 6.07) is 12.5. The van der Waals surface area contributed by atoms with Crippen LogP contribution in [-0.2, 0) is 0 Å². The van der Waals surface area contributed by atoms with E-state index < -0.39 is 11.9 Å². The van der Waals surface area contributed by atoms with E-state index in [1.165, 1.54) is 6.07 Å². The first-order valence-corrected chi connectivity index (χ1v) is 7.44. The minimum absolute atomic E-state index is 0.283. The maximum atomic E-state index is 13.9. The number of rotatable bonds is 2. The van der Waals surface area contributed by atoms with E-state index >= 15 is 0 Å². The molecule has 1 unspecified atom stereocenters. The highest BCUT2D eigenvalue weighted by Crippen LogP contribution is 2.36. The molecule has 96 valence electrons. The summed E-state index contributed by atoms with van der Waals surface area (Å²) in [6.45, 7) is 0. The molecular formula is C15H10BrFOS. The van der Waals surface area contributed by atoms with E-state index in [-0.39, 0.29) is 5.56 Å². The molecule has 1 N–H and O–H groups in total. The third kappa shape index (κ3) is 2.20. The molecule has 0 saturated heterocycles. The van der Waals surface area contributed by atoms with Gasteiger partial charge in [-0.25, -0.2) is 4.39 Å². The first-order valence-electron chi connectivity index (χ1n) is 5.76. The predicted octanol–water partition coefficient (Wildman–Crippen LogP) is 4.88. The first kappa shape index (κ1) is 12.8. The monoisotopic (exact) mass is 336 g/mol. The molecule has 0 aliphatic carbocycles. The Balaban J connectivity index is 2.16. The lowest BCUT2D eigenvalue weighted by Gasteiger charge is -2.13. The van der Waals surface area contributed by atoms with Crippen LogP contribution in [0.2, 0.25) is 0 Å². The van der Waals surface area contributed by atoms with Crippen LogP contribution in [0, 0.1) is 5.82 Å². The fourth-order valence-corrected chi connectivity index (χ4v) is 3.68. The molecule has 0 fully saturated rings. The summed E-state index contributed by atoms with van der Waals surface area (Å²) in [7, 11) is 0. The van der Waals surface area contributed by atoms with Gasteiger partial charge in [-0.2, -0.15) is 0 Å². The van der Waals surface area contributed by atoms with E-state index in [0.717, 1.165) is 15.6 Å². The van der Waals surface area contributed by atoms with Crippen molar-refractivity contribution in [3.8, 4) is 0 Å². The van der Waals surface area contributed by atoms with Crippen molar-refractivity contribution in [1.82, 2.24) is 0 Å². The van der Waals surface area contributed by atoms with Gasteiger partial charge >= 0.3 is 0 Å². The maximum Gasteiger partial charge on any atom is 0.130 e. The molecule has 3 aromatic rings. The maximum absolute atomic E-state index is 13.9. The van der Waals surface area contributed by atoms with Crippen molar-refractivity contribution in [2.45, 2.75) is 6.10 Å². The number of thiophene rings is 1.